The molecule has 0 unspecified atom stereocenters. The van der Waals surface area contributed by atoms with Gasteiger partial charge in [0, 0.05) is 60.8 Å². The van der Waals surface area contributed by atoms with E-state index < -0.39 is 31.9 Å². The molecule has 4 aromatic heterocycles. The maximum atomic E-state index is 13.2. The van der Waals surface area contributed by atoms with Gasteiger partial charge in [-0.3, -0.25) is 37.8 Å². The molecule has 0 aliphatic carbocycles. The molecule has 8 rings (SSSR count). The van der Waals surface area contributed by atoms with Crippen LogP contribution in [0.3, 0.4) is 0 Å². The number of pyridine rings is 2. The van der Waals surface area contributed by atoms with Gasteiger partial charge in [-0.05, 0) is 83.9 Å². The van der Waals surface area contributed by atoms with Crippen molar-refractivity contribution in [2.45, 2.75) is 36.7 Å². The molecular weight excluding hydrogens is 1110 g/mol. The van der Waals surface area contributed by atoms with E-state index in [1.807, 2.05) is 0 Å². The Balaban J connectivity index is 0.000000221. The number of nitrogens with zero attached hydrogens (tertiary/aromatic N) is 6. The molecule has 4 N–H and O–H groups in total. The van der Waals surface area contributed by atoms with Gasteiger partial charge in [0.2, 0.25) is 23.6 Å². The van der Waals surface area contributed by atoms with E-state index in [9.17, 15) is 36.0 Å². The fraction of sp³-hybridized carbons (Fsp3) is 0.200. The van der Waals surface area contributed by atoms with Crippen LogP contribution >= 0.6 is 46.4 Å². The first-order valence-corrected chi connectivity index (χ1v) is 27.0. The van der Waals surface area contributed by atoms with Crippen LogP contribution in [0.5, 0.6) is 11.8 Å². The number of sulfonamides is 2. The molecule has 4 aromatic carbocycles. The SMILES string of the molecule is CNC(=O)[C@@H](C)Cn1cnc2ccc(-c3cnc(OC)c(NS(=O)(=O)c4cc(Cl)ccc4Cl)c3)cc2c1=O.CNC(=O)[C@H](C)Cn1cnc2ccc(-c3cnc(OC)c(NS(=O)(=O)c4cc(Cl)ccc4Cl)c3)cc2c1=O. The summed E-state index contributed by atoms with van der Waals surface area (Å²) in [4.78, 5) is 66.9. The van der Waals surface area contributed by atoms with Gasteiger partial charge in [0.1, 0.15) is 21.2 Å². The summed E-state index contributed by atoms with van der Waals surface area (Å²) >= 11 is 24.2. The zero-order chi connectivity index (χ0) is 55.2. The van der Waals surface area contributed by atoms with Crippen molar-refractivity contribution in [3.63, 3.8) is 0 Å². The summed E-state index contributed by atoms with van der Waals surface area (Å²) in [5, 5.41) is 6.19. The predicted octanol–water partition coefficient (Wildman–Crippen LogP) is 7.91. The number of benzene rings is 4. The Kier molecular flexibility index (Phi) is 17.6. The highest BCUT2D eigenvalue weighted by atomic mass is 35.5. The van der Waals surface area contributed by atoms with E-state index >= 15 is 0 Å². The average molecular weight is 1150 g/mol. The van der Waals surface area contributed by atoms with Crippen molar-refractivity contribution in [3.05, 3.63) is 151 Å². The van der Waals surface area contributed by atoms with Crippen molar-refractivity contribution in [2.24, 2.45) is 11.8 Å². The number of hydrogen-bond donors (Lipinski definition) is 4. The van der Waals surface area contributed by atoms with Crippen LogP contribution in [0.1, 0.15) is 13.8 Å². The van der Waals surface area contributed by atoms with Crippen LogP contribution in [-0.2, 0) is 42.7 Å². The first-order valence-electron chi connectivity index (χ1n) is 22.5. The minimum Gasteiger partial charge on any atom is -0.480 e. The number of methoxy groups -OCH3 is 2. The quantitative estimate of drug-likeness (QED) is 0.0717. The molecule has 0 saturated carbocycles. The normalized spacial score (nSPS) is 12.2. The number of carbonyl (C=O) groups is 2. The number of hydrogen-bond acceptors (Lipinski definition) is 14. The molecule has 0 aliphatic rings. The fourth-order valence-corrected chi connectivity index (χ4v) is 11.3. The molecule has 8 aromatic rings. The number of nitrogens with one attached hydrogen (secondary N) is 4. The summed E-state index contributed by atoms with van der Waals surface area (Å²) in [7, 11) is -2.51. The van der Waals surface area contributed by atoms with Crippen LogP contribution in [-0.4, -0.2) is 86.0 Å². The number of amides is 2. The largest absolute Gasteiger partial charge is 0.480 e. The van der Waals surface area contributed by atoms with Crippen LogP contribution in [0.4, 0.5) is 11.4 Å². The lowest BCUT2D eigenvalue weighted by Crippen LogP contribution is -2.32. The van der Waals surface area contributed by atoms with Crippen molar-refractivity contribution < 1.29 is 35.9 Å². The second kappa shape index (κ2) is 23.7. The fourth-order valence-electron chi connectivity index (χ4n) is 7.64. The maximum Gasteiger partial charge on any atom is 0.263 e. The van der Waals surface area contributed by atoms with Crippen molar-refractivity contribution in [1.82, 2.24) is 39.7 Å². The Morgan fingerprint density at radius 2 is 0.934 bits per heavy atom. The number of ether oxygens (including phenoxy) is 2. The van der Waals surface area contributed by atoms with Gasteiger partial charge in [-0.15, -0.1) is 0 Å². The summed E-state index contributed by atoms with van der Waals surface area (Å²) < 4.78 is 70.5. The Bertz CT molecular complexity index is 3670. The van der Waals surface area contributed by atoms with Crippen LogP contribution in [0, 0.1) is 11.8 Å². The molecule has 20 nitrogen and oxygen atoms in total. The predicted molar refractivity (Wildman–Crippen MR) is 293 cm³/mol. The summed E-state index contributed by atoms with van der Waals surface area (Å²) in [6.45, 7) is 3.75. The number of carbonyl (C=O) groups excluding carboxylic acids is 2. The molecule has 76 heavy (non-hydrogen) atoms. The Morgan fingerprint density at radius 3 is 1.29 bits per heavy atom. The van der Waals surface area contributed by atoms with Gasteiger partial charge in [-0.25, -0.2) is 36.8 Å². The zero-order valence-electron chi connectivity index (χ0n) is 41.1. The molecule has 26 heteroatoms. The Morgan fingerprint density at radius 1 is 0.553 bits per heavy atom. The number of halogens is 4. The molecule has 0 radical (unpaired) electrons. The monoisotopic (exact) mass is 1150 g/mol. The van der Waals surface area contributed by atoms with Crippen LogP contribution in [0.2, 0.25) is 20.1 Å². The van der Waals surface area contributed by atoms with Crippen molar-refractivity contribution in [1.29, 1.82) is 0 Å². The van der Waals surface area contributed by atoms with Crippen molar-refractivity contribution in [2.75, 3.05) is 37.8 Å². The van der Waals surface area contributed by atoms with Gasteiger partial charge < -0.3 is 20.1 Å². The smallest absolute Gasteiger partial charge is 0.263 e. The summed E-state index contributed by atoms with van der Waals surface area (Å²) in [6.07, 6.45) is 5.80. The Labute approximate surface area is 455 Å². The first kappa shape index (κ1) is 56.4. The molecule has 0 aliphatic heterocycles. The van der Waals surface area contributed by atoms with E-state index in [1.54, 1.807) is 50.2 Å². The minimum absolute atomic E-state index is 0.00553. The van der Waals surface area contributed by atoms with E-state index in [-0.39, 0.29) is 89.0 Å². The number of aromatic nitrogens is 6. The Hall–Kier alpha value is -7.34. The molecule has 0 fully saturated rings. The van der Waals surface area contributed by atoms with Gasteiger partial charge in [0.05, 0.1) is 70.6 Å². The summed E-state index contributed by atoms with van der Waals surface area (Å²) in [5.74, 6) is -1.19. The van der Waals surface area contributed by atoms with E-state index in [4.69, 9.17) is 55.9 Å². The lowest BCUT2D eigenvalue weighted by Gasteiger charge is -2.14. The number of rotatable bonds is 16. The highest BCUT2D eigenvalue weighted by Crippen LogP contribution is 2.35. The lowest BCUT2D eigenvalue weighted by molar-refractivity contribution is -0.125. The van der Waals surface area contributed by atoms with Gasteiger partial charge in [-0.2, -0.15) is 0 Å². The molecule has 396 valence electrons. The molecule has 0 spiro atoms. The molecule has 4 heterocycles. The lowest BCUT2D eigenvalue weighted by atomic mass is 10.0. The van der Waals surface area contributed by atoms with E-state index in [0.29, 0.717) is 44.1 Å². The molecule has 2 atom stereocenters. The molecule has 2 amide bonds. The van der Waals surface area contributed by atoms with Gasteiger partial charge in [-0.1, -0.05) is 72.4 Å². The number of fused-ring (bicyclic) bond motifs is 2. The molecular formula is C50H46Cl4N10O10S2. The van der Waals surface area contributed by atoms with E-state index in [2.05, 4.69) is 40.0 Å². The van der Waals surface area contributed by atoms with Crippen LogP contribution < -0.4 is 40.7 Å². The number of anilines is 2. The standard InChI is InChI=1S/2C25H23Cl2N5O5S/c2*1-14(23(33)28-2)12-32-13-30-20-7-4-15(8-18(20)25(32)34)16-9-21(24(37-3)29-11-16)31-38(35,36)22-10-17(26)5-6-19(22)27/h2*4-11,13-14,31H,12H2,1-3H3,(H,28,33)/t2*14-/m10/s1. The maximum absolute atomic E-state index is 13.2. The highest BCUT2D eigenvalue weighted by Gasteiger charge is 2.24. The van der Waals surface area contributed by atoms with Gasteiger partial charge in [0.15, 0.2) is 0 Å². The third-order valence-electron chi connectivity index (χ3n) is 11.6. The molecule has 0 bridgehead atoms. The van der Waals surface area contributed by atoms with E-state index in [1.165, 1.54) is 111 Å². The highest BCUT2D eigenvalue weighted by molar-refractivity contribution is 7.93. The van der Waals surface area contributed by atoms with E-state index in [0.717, 1.165) is 0 Å². The second-order valence-electron chi connectivity index (χ2n) is 16.8. The third kappa shape index (κ3) is 12.7. The minimum atomic E-state index is -4.15. The van der Waals surface area contributed by atoms with Crippen molar-refractivity contribution >= 4 is 111 Å². The summed E-state index contributed by atoms with van der Waals surface area (Å²) in [6, 6.07) is 21.4. The second-order valence-corrected chi connectivity index (χ2v) is 21.8. The first-order chi connectivity index (χ1) is 36.1. The van der Waals surface area contributed by atoms with Crippen LogP contribution in [0.25, 0.3) is 44.1 Å². The summed E-state index contributed by atoms with van der Waals surface area (Å²) in [5.41, 5.74) is 2.63. The third-order valence-corrected chi connectivity index (χ3v) is 15.8. The zero-order valence-corrected chi connectivity index (χ0v) is 45.7. The van der Waals surface area contributed by atoms with Gasteiger partial charge >= 0.3 is 0 Å². The van der Waals surface area contributed by atoms with Gasteiger partial charge in [0.25, 0.3) is 31.2 Å². The van der Waals surface area contributed by atoms with Crippen molar-refractivity contribution in [3.8, 4) is 34.0 Å². The van der Waals surface area contributed by atoms with Crippen LogP contribution in [0.15, 0.2) is 129 Å². The molecule has 0 saturated heterocycles. The average Bonchev–Trinajstić information content (AvgIpc) is 3.41. The topological polar surface area (TPSA) is 265 Å².